The van der Waals surface area contributed by atoms with Crippen molar-refractivity contribution < 1.29 is 8.83 Å². The molecule has 5 heteroatoms. The summed E-state index contributed by atoms with van der Waals surface area (Å²) in [5.74, 6) is 3.54. The van der Waals surface area contributed by atoms with Gasteiger partial charge in [-0.05, 0) is 64.8 Å². The van der Waals surface area contributed by atoms with E-state index in [1.807, 2.05) is 36.4 Å². The third-order valence-corrected chi connectivity index (χ3v) is 10.2. The van der Waals surface area contributed by atoms with Crippen molar-refractivity contribution in [3.05, 3.63) is 156 Å². The number of allylic oxidation sites excluding steroid dienone is 5. The van der Waals surface area contributed by atoms with Crippen molar-refractivity contribution in [3.8, 4) is 33.9 Å². The Labute approximate surface area is 295 Å². The minimum atomic E-state index is 0.483. The molecule has 5 nitrogen and oxygen atoms in total. The van der Waals surface area contributed by atoms with E-state index >= 15 is 0 Å². The van der Waals surface area contributed by atoms with Crippen LogP contribution in [0.1, 0.15) is 42.5 Å². The van der Waals surface area contributed by atoms with Crippen molar-refractivity contribution in [1.29, 1.82) is 0 Å². The fourth-order valence-electron chi connectivity index (χ4n) is 7.66. The second kappa shape index (κ2) is 11.9. The number of para-hydroxylation sites is 1. The van der Waals surface area contributed by atoms with Crippen LogP contribution in [0.25, 0.3) is 84.0 Å². The first-order valence-corrected chi connectivity index (χ1v) is 17.6. The zero-order valence-electron chi connectivity index (χ0n) is 28.1. The summed E-state index contributed by atoms with van der Waals surface area (Å²) < 4.78 is 12.6. The molecule has 0 N–H and O–H groups in total. The molecule has 0 bridgehead atoms. The van der Waals surface area contributed by atoms with Gasteiger partial charge in [0.25, 0.3) is 0 Å². The molecule has 0 saturated heterocycles. The highest BCUT2D eigenvalue weighted by atomic mass is 16.3. The Morgan fingerprint density at radius 2 is 1.18 bits per heavy atom. The van der Waals surface area contributed by atoms with Gasteiger partial charge >= 0.3 is 0 Å². The Bertz CT molecular complexity index is 2730. The molecule has 0 saturated carbocycles. The van der Waals surface area contributed by atoms with Crippen molar-refractivity contribution in [3.63, 3.8) is 0 Å². The van der Waals surface area contributed by atoms with Crippen LogP contribution in [0.2, 0.25) is 0 Å². The van der Waals surface area contributed by atoms with E-state index in [2.05, 4.69) is 110 Å². The van der Waals surface area contributed by atoms with Gasteiger partial charge in [-0.1, -0.05) is 128 Å². The molecular formula is C46H33N3O2. The molecule has 1 unspecified atom stereocenters. The van der Waals surface area contributed by atoms with Gasteiger partial charge in [-0.15, -0.1) is 0 Å². The summed E-state index contributed by atoms with van der Waals surface area (Å²) in [4.78, 5) is 15.4. The van der Waals surface area contributed by atoms with Crippen molar-refractivity contribution in [1.82, 2.24) is 15.0 Å². The molecule has 3 heterocycles. The molecule has 244 valence electrons. The average Bonchev–Trinajstić information content (AvgIpc) is 3.76. The van der Waals surface area contributed by atoms with Crippen LogP contribution >= 0.6 is 0 Å². The Kier molecular flexibility index (Phi) is 6.91. The van der Waals surface area contributed by atoms with Gasteiger partial charge in [0, 0.05) is 39.3 Å². The minimum Gasteiger partial charge on any atom is -0.460 e. The van der Waals surface area contributed by atoms with Crippen LogP contribution in [0.4, 0.5) is 0 Å². The fraction of sp³-hybridized carbons (Fsp3) is 0.109. The second-order valence-electron chi connectivity index (χ2n) is 13.6. The van der Waals surface area contributed by atoms with Crippen LogP contribution in [0.3, 0.4) is 0 Å². The van der Waals surface area contributed by atoms with Gasteiger partial charge in [0.1, 0.15) is 22.5 Å². The van der Waals surface area contributed by atoms with Gasteiger partial charge < -0.3 is 8.83 Å². The molecule has 1 atom stereocenters. The van der Waals surface area contributed by atoms with E-state index < -0.39 is 0 Å². The van der Waals surface area contributed by atoms with Crippen molar-refractivity contribution >= 4 is 50.1 Å². The molecule has 0 amide bonds. The topological polar surface area (TPSA) is 65.0 Å². The molecule has 5 aromatic carbocycles. The molecule has 2 aliphatic rings. The van der Waals surface area contributed by atoms with Crippen molar-refractivity contribution in [2.24, 2.45) is 5.92 Å². The molecule has 8 aromatic rings. The number of nitrogens with zero attached hydrogens (tertiary/aromatic N) is 3. The quantitative estimate of drug-likeness (QED) is 0.184. The zero-order valence-corrected chi connectivity index (χ0v) is 28.1. The minimum absolute atomic E-state index is 0.483. The lowest BCUT2D eigenvalue weighted by Gasteiger charge is -2.17. The van der Waals surface area contributed by atoms with Gasteiger partial charge in [0.05, 0.1) is 0 Å². The number of rotatable bonds is 5. The summed E-state index contributed by atoms with van der Waals surface area (Å²) in [6.07, 6.45) is 11.6. The van der Waals surface area contributed by atoms with E-state index in [1.165, 1.54) is 27.6 Å². The molecule has 3 aromatic heterocycles. The molecule has 2 aliphatic carbocycles. The zero-order chi connectivity index (χ0) is 33.9. The molecule has 0 fully saturated rings. The van der Waals surface area contributed by atoms with E-state index in [1.54, 1.807) is 0 Å². The van der Waals surface area contributed by atoms with Crippen LogP contribution in [0.15, 0.2) is 142 Å². The number of hydrogen-bond acceptors (Lipinski definition) is 5. The van der Waals surface area contributed by atoms with Crippen LogP contribution in [-0.2, 0) is 6.42 Å². The molecular weight excluding hydrogens is 627 g/mol. The molecule has 10 rings (SSSR count). The highest BCUT2D eigenvalue weighted by Gasteiger charge is 2.23. The summed E-state index contributed by atoms with van der Waals surface area (Å²) in [5, 5.41) is 3.27. The third-order valence-electron chi connectivity index (χ3n) is 10.2. The smallest absolute Gasteiger partial charge is 0.164 e. The van der Waals surface area contributed by atoms with Crippen molar-refractivity contribution in [2.75, 3.05) is 0 Å². The van der Waals surface area contributed by atoms with E-state index in [0.717, 1.165) is 74.8 Å². The predicted molar refractivity (Wildman–Crippen MR) is 207 cm³/mol. The summed E-state index contributed by atoms with van der Waals surface area (Å²) in [5.41, 5.74) is 11.6. The molecule has 0 radical (unpaired) electrons. The highest BCUT2D eigenvalue weighted by molar-refractivity contribution is 6.11. The van der Waals surface area contributed by atoms with Gasteiger partial charge in [-0.25, -0.2) is 15.0 Å². The molecule has 51 heavy (non-hydrogen) atoms. The van der Waals surface area contributed by atoms with E-state index in [-0.39, 0.29) is 0 Å². The van der Waals surface area contributed by atoms with E-state index in [4.69, 9.17) is 23.8 Å². The number of fused-ring (bicyclic) bond motifs is 6. The first kappa shape index (κ1) is 29.6. The Hall–Kier alpha value is -6.33. The van der Waals surface area contributed by atoms with Crippen molar-refractivity contribution in [2.45, 2.75) is 26.2 Å². The average molecular weight is 660 g/mol. The number of furan rings is 2. The predicted octanol–water partition coefficient (Wildman–Crippen LogP) is 12.0. The third kappa shape index (κ3) is 5.12. The lowest BCUT2D eigenvalue weighted by atomic mass is 9.88. The maximum absolute atomic E-state index is 6.35. The summed E-state index contributed by atoms with van der Waals surface area (Å²) in [6.45, 7) is 2.24. The lowest BCUT2D eigenvalue weighted by Crippen LogP contribution is -2.05. The maximum atomic E-state index is 6.35. The van der Waals surface area contributed by atoms with Crippen LogP contribution in [0.5, 0.6) is 0 Å². The fourth-order valence-corrected chi connectivity index (χ4v) is 7.66. The normalized spacial score (nSPS) is 15.7. The van der Waals surface area contributed by atoms with Crippen LogP contribution < -0.4 is 0 Å². The Morgan fingerprint density at radius 3 is 2.00 bits per heavy atom. The Morgan fingerprint density at radius 1 is 0.529 bits per heavy atom. The number of aromatic nitrogens is 3. The highest BCUT2D eigenvalue weighted by Crippen LogP contribution is 2.41. The van der Waals surface area contributed by atoms with E-state index in [9.17, 15) is 0 Å². The van der Waals surface area contributed by atoms with Crippen LogP contribution in [-0.4, -0.2) is 15.0 Å². The standard InChI is InChI=1S/C46H33N3O2/c1-28-17-26-36-41(27-28)51-39-15-7-12-34(42(36)39)31-20-24-33(25-21-31)45-47-44(32-22-18-30(19-23-32)29-9-3-2-4-10-29)48-46(49-45)37-13-8-16-40-43(37)35-11-5-6-14-38(35)50-40/h2-20,22-24,26,28H,21,25,27H2,1H3. The summed E-state index contributed by atoms with van der Waals surface area (Å²) >= 11 is 0. The second-order valence-corrected chi connectivity index (χ2v) is 13.6. The molecule has 0 aliphatic heterocycles. The lowest BCUT2D eigenvalue weighted by molar-refractivity contribution is 0.513. The first-order valence-electron chi connectivity index (χ1n) is 17.6. The van der Waals surface area contributed by atoms with Gasteiger partial charge in [-0.3, -0.25) is 0 Å². The maximum Gasteiger partial charge on any atom is 0.164 e. The number of benzene rings is 5. The van der Waals surface area contributed by atoms with E-state index in [0.29, 0.717) is 23.4 Å². The summed E-state index contributed by atoms with van der Waals surface area (Å²) in [6, 6.07) is 39.6. The summed E-state index contributed by atoms with van der Waals surface area (Å²) in [7, 11) is 0. The SMILES string of the molecule is CC1C=Cc2c(oc3cccc(C4=CC=C(c5nc(-c6ccc(-c7ccccc7)cc6)nc(-c6cccc7oc8ccccc8c67)n5)CC4)c23)C1. The Balaban J connectivity index is 1.10. The first-order chi connectivity index (χ1) is 25.2. The largest absolute Gasteiger partial charge is 0.460 e. The van der Waals surface area contributed by atoms with Gasteiger partial charge in [-0.2, -0.15) is 0 Å². The number of hydrogen-bond donors (Lipinski definition) is 0. The van der Waals surface area contributed by atoms with Gasteiger partial charge in [0.2, 0.25) is 0 Å². The van der Waals surface area contributed by atoms with Crippen LogP contribution in [0, 0.1) is 5.92 Å². The monoisotopic (exact) mass is 659 g/mol. The van der Waals surface area contributed by atoms with Gasteiger partial charge in [0.15, 0.2) is 17.5 Å². The molecule has 0 spiro atoms.